The van der Waals surface area contributed by atoms with E-state index in [2.05, 4.69) is 10.4 Å². The molecule has 0 unspecified atom stereocenters. The molecule has 6 rings (SSSR count). The number of anilines is 1. The molecule has 0 radical (unpaired) electrons. The number of hydrogen-bond acceptors (Lipinski definition) is 5. The van der Waals surface area contributed by atoms with Crippen molar-refractivity contribution in [1.29, 1.82) is 0 Å². The number of nitrogens with one attached hydrogen (secondary N) is 1. The highest BCUT2D eigenvalue weighted by molar-refractivity contribution is 6.04. The second-order valence-electron chi connectivity index (χ2n) is 10.1. The van der Waals surface area contributed by atoms with Crippen molar-refractivity contribution in [2.45, 2.75) is 18.8 Å². The van der Waals surface area contributed by atoms with Crippen LogP contribution in [0.15, 0.2) is 90.1 Å². The minimum absolute atomic E-state index is 0.0830. The quantitative estimate of drug-likeness (QED) is 0.265. The minimum Gasteiger partial charge on any atom is -0.465 e. The van der Waals surface area contributed by atoms with Gasteiger partial charge in [-0.1, -0.05) is 0 Å². The molecule has 2 amide bonds. The summed E-state index contributed by atoms with van der Waals surface area (Å²) in [4.78, 5) is 38.6. The number of fused-ring (bicyclic) bond motifs is 1. The van der Waals surface area contributed by atoms with E-state index in [0.717, 1.165) is 11.6 Å². The summed E-state index contributed by atoms with van der Waals surface area (Å²) in [5.74, 6) is -1.57. The van der Waals surface area contributed by atoms with Crippen LogP contribution in [0.2, 0.25) is 0 Å². The number of carboxylic acid groups (broad SMARTS) is 1. The second-order valence-corrected chi connectivity index (χ2v) is 10.1. The van der Waals surface area contributed by atoms with Crippen LogP contribution in [-0.2, 0) is 0 Å². The zero-order chi connectivity index (χ0) is 30.1. The van der Waals surface area contributed by atoms with Crippen molar-refractivity contribution in [2.24, 2.45) is 0 Å². The van der Waals surface area contributed by atoms with Gasteiger partial charge in [0.15, 0.2) is 17.3 Å². The molecule has 1 aliphatic rings. The molecule has 43 heavy (non-hydrogen) atoms. The standard InChI is InChI=1S/C31H25F2N5O5/c32-21-3-6-23(7-4-21)37-13-1-2-24(30(37)40)29(39)35-22-5-8-27(25(33)17-22)43-28-16-20(18-38-26(28)9-12-34-38)19-10-14-36(15-11-19)31(41)42/h1-9,12-13,16-19H,10-11,14-15H2,(H,35,39)(H,41,42). The molecule has 4 heterocycles. The Labute approximate surface area is 243 Å². The SMILES string of the molecule is O=C(Nc1ccc(Oc2cc(C3CCN(C(=O)O)CC3)cn3nccc23)c(F)c1)c1cccn(-c2ccc(F)cc2)c1=O. The number of benzene rings is 2. The Kier molecular flexibility index (Phi) is 7.33. The monoisotopic (exact) mass is 585 g/mol. The highest BCUT2D eigenvalue weighted by atomic mass is 19.1. The number of amides is 2. The highest BCUT2D eigenvalue weighted by Gasteiger charge is 2.25. The van der Waals surface area contributed by atoms with Crippen molar-refractivity contribution in [1.82, 2.24) is 19.1 Å². The lowest BCUT2D eigenvalue weighted by Gasteiger charge is -2.30. The zero-order valence-corrected chi connectivity index (χ0v) is 22.6. The van der Waals surface area contributed by atoms with Gasteiger partial charge in [0.05, 0.1) is 6.20 Å². The predicted molar refractivity (Wildman–Crippen MR) is 153 cm³/mol. The maximum atomic E-state index is 15.2. The number of piperidine rings is 1. The normalized spacial score (nSPS) is 13.7. The molecule has 0 bridgehead atoms. The first-order valence-electron chi connectivity index (χ1n) is 13.5. The lowest BCUT2D eigenvalue weighted by molar-refractivity contribution is 0.102. The van der Waals surface area contributed by atoms with E-state index in [1.807, 2.05) is 12.3 Å². The Morgan fingerprint density at radius 2 is 1.74 bits per heavy atom. The van der Waals surface area contributed by atoms with Gasteiger partial charge < -0.3 is 20.1 Å². The van der Waals surface area contributed by atoms with Gasteiger partial charge in [0.2, 0.25) is 0 Å². The van der Waals surface area contributed by atoms with Gasteiger partial charge >= 0.3 is 6.09 Å². The Balaban J connectivity index is 1.20. The Morgan fingerprint density at radius 3 is 2.47 bits per heavy atom. The van der Waals surface area contributed by atoms with Gasteiger partial charge in [0.25, 0.3) is 11.5 Å². The number of carbonyl (C=O) groups excluding carboxylic acids is 1. The average molecular weight is 586 g/mol. The maximum absolute atomic E-state index is 15.2. The van der Waals surface area contributed by atoms with Gasteiger partial charge in [-0.25, -0.2) is 18.1 Å². The summed E-state index contributed by atoms with van der Waals surface area (Å²) >= 11 is 0. The van der Waals surface area contributed by atoms with E-state index in [-0.39, 0.29) is 22.9 Å². The number of nitrogens with zero attached hydrogens (tertiary/aromatic N) is 4. The molecule has 12 heteroatoms. The highest BCUT2D eigenvalue weighted by Crippen LogP contribution is 2.35. The van der Waals surface area contributed by atoms with E-state index in [0.29, 0.717) is 42.9 Å². The van der Waals surface area contributed by atoms with Crippen LogP contribution >= 0.6 is 0 Å². The third kappa shape index (κ3) is 5.67. The first-order chi connectivity index (χ1) is 20.8. The molecule has 0 aliphatic carbocycles. The van der Waals surface area contributed by atoms with E-state index in [1.54, 1.807) is 16.8 Å². The Bertz CT molecular complexity index is 1900. The molecule has 0 spiro atoms. The van der Waals surface area contributed by atoms with Crippen LogP contribution in [0.25, 0.3) is 11.2 Å². The number of ether oxygens (including phenoxy) is 1. The molecule has 1 saturated heterocycles. The smallest absolute Gasteiger partial charge is 0.407 e. The van der Waals surface area contributed by atoms with Gasteiger partial charge in [-0.3, -0.25) is 14.2 Å². The molecule has 218 valence electrons. The minimum atomic E-state index is -0.939. The van der Waals surface area contributed by atoms with Crippen molar-refractivity contribution < 1.29 is 28.2 Å². The molecule has 5 aromatic rings. The van der Waals surface area contributed by atoms with E-state index in [9.17, 15) is 23.9 Å². The average Bonchev–Trinajstić information content (AvgIpc) is 3.48. The van der Waals surface area contributed by atoms with Gasteiger partial charge in [-0.05, 0) is 85.0 Å². The van der Waals surface area contributed by atoms with Gasteiger partial charge in [0, 0.05) is 42.9 Å². The third-order valence-corrected chi connectivity index (χ3v) is 7.44. The van der Waals surface area contributed by atoms with Crippen molar-refractivity contribution in [2.75, 3.05) is 18.4 Å². The molecule has 10 nitrogen and oxygen atoms in total. The molecular formula is C31H25F2N5O5. The van der Waals surface area contributed by atoms with Crippen LogP contribution in [0, 0.1) is 11.6 Å². The first-order valence-corrected chi connectivity index (χ1v) is 13.5. The Morgan fingerprint density at radius 1 is 0.977 bits per heavy atom. The molecule has 1 aliphatic heterocycles. The van der Waals surface area contributed by atoms with E-state index >= 15 is 4.39 Å². The number of likely N-dealkylation sites (tertiary alicyclic amines) is 1. The van der Waals surface area contributed by atoms with Crippen LogP contribution < -0.4 is 15.6 Å². The molecule has 3 aromatic heterocycles. The van der Waals surface area contributed by atoms with Gasteiger partial charge in [0.1, 0.15) is 16.9 Å². The lowest BCUT2D eigenvalue weighted by Crippen LogP contribution is -2.36. The number of rotatable bonds is 6. The zero-order valence-electron chi connectivity index (χ0n) is 22.6. The number of pyridine rings is 2. The lowest BCUT2D eigenvalue weighted by atomic mass is 9.90. The van der Waals surface area contributed by atoms with Crippen LogP contribution in [0.4, 0.5) is 19.3 Å². The number of hydrogen-bond donors (Lipinski definition) is 2. The van der Waals surface area contributed by atoms with Crippen LogP contribution in [0.1, 0.15) is 34.7 Å². The van der Waals surface area contributed by atoms with Gasteiger partial charge in [-0.2, -0.15) is 5.10 Å². The van der Waals surface area contributed by atoms with E-state index in [1.165, 1.54) is 64.2 Å². The fraction of sp³-hybridized carbons (Fsp3) is 0.161. The fourth-order valence-electron chi connectivity index (χ4n) is 5.18. The molecule has 2 N–H and O–H groups in total. The molecule has 1 fully saturated rings. The summed E-state index contributed by atoms with van der Waals surface area (Å²) in [6.07, 6.45) is 5.26. The molecule has 2 aromatic carbocycles. The van der Waals surface area contributed by atoms with Crippen molar-refractivity contribution >= 4 is 23.2 Å². The van der Waals surface area contributed by atoms with Crippen LogP contribution in [0.3, 0.4) is 0 Å². The van der Waals surface area contributed by atoms with E-state index < -0.39 is 29.2 Å². The summed E-state index contributed by atoms with van der Waals surface area (Å²) < 4.78 is 37.4. The first kappa shape index (κ1) is 27.6. The summed E-state index contributed by atoms with van der Waals surface area (Å²) in [5, 5.41) is 16.1. The topological polar surface area (TPSA) is 118 Å². The largest absolute Gasteiger partial charge is 0.465 e. The Hall–Kier alpha value is -5.52. The van der Waals surface area contributed by atoms with Crippen molar-refractivity contribution in [3.63, 3.8) is 0 Å². The van der Waals surface area contributed by atoms with E-state index in [4.69, 9.17) is 4.74 Å². The summed E-state index contributed by atoms with van der Waals surface area (Å²) in [7, 11) is 0. The maximum Gasteiger partial charge on any atom is 0.407 e. The van der Waals surface area contributed by atoms with Crippen LogP contribution in [-0.4, -0.2) is 49.3 Å². The fourth-order valence-corrected chi connectivity index (χ4v) is 5.18. The van der Waals surface area contributed by atoms with Crippen LogP contribution in [0.5, 0.6) is 11.5 Å². The number of aromatic nitrogens is 3. The number of carbonyl (C=O) groups is 2. The van der Waals surface area contributed by atoms with Gasteiger partial charge in [-0.15, -0.1) is 0 Å². The molecule has 0 atom stereocenters. The summed E-state index contributed by atoms with van der Waals surface area (Å²) in [6.45, 7) is 0.830. The summed E-state index contributed by atoms with van der Waals surface area (Å²) in [5.41, 5.74) is 1.21. The summed E-state index contributed by atoms with van der Waals surface area (Å²) in [6, 6.07) is 15.6. The second kappa shape index (κ2) is 11.4. The molecule has 0 saturated carbocycles. The number of halogens is 2. The van der Waals surface area contributed by atoms with Crippen molar-refractivity contribution in [3.8, 4) is 17.2 Å². The predicted octanol–water partition coefficient (Wildman–Crippen LogP) is 5.67. The molecular weight excluding hydrogens is 560 g/mol. The van der Waals surface area contributed by atoms with Crippen molar-refractivity contribution in [3.05, 3.63) is 118 Å². The third-order valence-electron chi connectivity index (χ3n) is 7.44.